The highest BCUT2D eigenvalue weighted by molar-refractivity contribution is 5.02. The van der Waals surface area contributed by atoms with E-state index in [1.807, 2.05) is 17.9 Å². The molecular formula is C14H28N4. The highest BCUT2D eigenvalue weighted by atomic mass is 15.4. The fraction of sp³-hybridized carbons (Fsp3) is 0.857. The van der Waals surface area contributed by atoms with E-state index in [2.05, 4.69) is 50.2 Å². The van der Waals surface area contributed by atoms with Crippen LogP contribution in [0.1, 0.15) is 59.2 Å². The second-order valence-corrected chi connectivity index (χ2v) is 6.23. The van der Waals surface area contributed by atoms with Gasteiger partial charge in [0.2, 0.25) is 0 Å². The second-order valence-electron chi connectivity index (χ2n) is 6.23. The van der Waals surface area contributed by atoms with Crippen molar-refractivity contribution in [3.05, 3.63) is 11.9 Å². The van der Waals surface area contributed by atoms with Gasteiger partial charge in [-0.15, -0.1) is 5.10 Å². The van der Waals surface area contributed by atoms with Crippen LogP contribution in [0.4, 0.5) is 0 Å². The third-order valence-electron chi connectivity index (χ3n) is 3.86. The van der Waals surface area contributed by atoms with Crippen molar-refractivity contribution in [2.45, 2.75) is 60.0 Å². The summed E-state index contributed by atoms with van der Waals surface area (Å²) in [5.41, 5.74) is 1.54. The van der Waals surface area contributed by atoms with Gasteiger partial charge in [-0.3, -0.25) is 0 Å². The van der Waals surface area contributed by atoms with Gasteiger partial charge in [-0.25, -0.2) is 4.68 Å². The molecule has 104 valence electrons. The van der Waals surface area contributed by atoms with Gasteiger partial charge >= 0.3 is 0 Å². The zero-order chi connectivity index (χ0) is 13.8. The summed E-state index contributed by atoms with van der Waals surface area (Å²) in [6.07, 6.45) is 4.09. The topological polar surface area (TPSA) is 42.7 Å². The molecule has 0 saturated heterocycles. The van der Waals surface area contributed by atoms with Crippen LogP contribution < -0.4 is 5.32 Å². The normalized spacial score (nSPS) is 15.7. The van der Waals surface area contributed by atoms with Gasteiger partial charge in [-0.2, -0.15) is 0 Å². The van der Waals surface area contributed by atoms with Crippen LogP contribution in [-0.4, -0.2) is 22.0 Å². The maximum Gasteiger partial charge on any atom is 0.0756 e. The molecule has 1 aromatic heterocycles. The van der Waals surface area contributed by atoms with Crippen LogP contribution in [0.15, 0.2) is 6.20 Å². The summed E-state index contributed by atoms with van der Waals surface area (Å²) in [5, 5.41) is 11.6. The Kier molecular flexibility index (Phi) is 5.32. The lowest BCUT2D eigenvalue weighted by molar-refractivity contribution is 0.223. The van der Waals surface area contributed by atoms with Gasteiger partial charge in [0.05, 0.1) is 17.9 Å². The molecule has 0 amide bonds. The molecule has 1 N–H and O–H groups in total. The predicted octanol–water partition coefficient (Wildman–Crippen LogP) is 3.02. The van der Waals surface area contributed by atoms with Crippen molar-refractivity contribution >= 4 is 0 Å². The van der Waals surface area contributed by atoms with Gasteiger partial charge in [-0.05, 0) is 31.2 Å². The lowest BCUT2D eigenvalue weighted by Crippen LogP contribution is -2.27. The highest BCUT2D eigenvalue weighted by Gasteiger charge is 2.25. The van der Waals surface area contributed by atoms with E-state index in [0.29, 0.717) is 17.4 Å². The fourth-order valence-electron chi connectivity index (χ4n) is 2.01. The van der Waals surface area contributed by atoms with Crippen LogP contribution in [0.2, 0.25) is 0 Å². The smallest absolute Gasteiger partial charge is 0.0756 e. The quantitative estimate of drug-likeness (QED) is 0.846. The minimum atomic E-state index is 0.331. The van der Waals surface area contributed by atoms with Crippen LogP contribution in [0.3, 0.4) is 0 Å². The standard InChI is InChI=1S/C14H28N4/c1-7-8-18-13(10-16-17-18)12(15-6)9-11(2)14(3,4)5/h10-12,15H,7-9H2,1-6H3. The Balaban J connectivity index is 2.80. The summed E-state index contributed by atoms with van der Waals surface area (Å²) < 4.78 is 2.02. The molecule has 0 aliphatic carbocycles. The van der Waals surface area contributed by atoms with Crippen molar-refractivity contribution in [3.63, 3.8) is 0 Å². The van der Waals surface area contributed by atoms with E-state index >= 15 is 0 Å². The molecule has 18 heavy (non-hydrogen) atoms. The van der Waals surface area contributed by atoms with Gasteiger partial charge in [0.1, 0.15) is 0 Å². The zero-order valence-corrected chi connectivity index (χ0v) is 12.7. The van der Waals surface area contributed by atoms with Crippen molar-refractivity contribution in [1.29, 1.82) is 0 Å². The van der Waals surface area contributed by atoms with E-state index in [4.69, 9.17) is 0 Å². The van der Waals surface area contributed by atoms with Crippen LogP contribution >= 0.6 is 0 Å². The first-order chi connectivity index (χ1) is 8.40. The van der Waals surface area contributed by atoms with Crippen molar-refractivity contribution in [3.8, 4) is 0 Å². The maximum absolute atomic E-state index is 4.17. The molecule has 0 aromatic carbocycles. The molecule has 2 unspecified atom stereocenters. The monoisotopic (exact) mass is 252 g/mol. The zero-order valence-electron chi connectivity index (χ0n) is 12.7. The summed E-state index contributed by atoms with van der Waals surface area (Å²) in [4.78, 5) is 0. The predicted molar refractivity (Wildman–Crippen MR) is 75.3 cm³/mol. The molecule has 2 atom stereocenters. The number of aryl methyl sites for hydroxylation is 1. The van der Waals surface area contributed by atoms with Crippen LogP contribution in [0.25, 0.3) is 0 Å². The number of nitrogens with one attached hydrogen (secondary N) is 1. The van der Waals surface area contributed by atoms with E-state index < -0.39 is 0 Å². The Morgan fingerprint density at radius 3 is 2.56 bits per heavy atom. The van der Waals surface area contributed by atoms with Gasteiger partial charge in [0.25, 0.3) is 0 Å². The first-order valence-electron chi connectivity index (χ1n) is 6.95. The van der Waals surface area contributed by atoms with Crippen LogP contribution in [0.5, 0.6) is 0 Å². The molecule has 0 aliphatic heterocycles. The second kappa shape index (κ2) is 6.32. The average molecular weight is 252 g/mol. The van der Waals surface area contributed by atoms with Crippen LogP contribution in [-0.2, 0) is 6.54 Å². The number of hydrogen-bond acceptors (Lipinski definition) is 3. The molecular weight excluding hydrogens is 224 g/mol. The Hall–Kier alpha value is -0.900. The molecule has 1 rings (SSSR count). The van der Waals surface area contributed by atoms with Gasteiger partial charge in [-0.1, -0.05) is 39.8 Å². The first kappa shape index (κ1) is 15.2. The number of aromatic nitrogens is 3. The highest BCUT2D eigenvalue weighted by Crippen LogP contribution is 2.32. The minimum Gasteiger partial charge on any atom is -0.312 e. The van der Waals surface area contributed by atoms with E-state index in [9.17, 15) is 0 Å². The lowest BCUT2D eigenvalue weighted by Gasteiger charge is -2.30. The Labute approximate surface area is 111 Å². The number of hydrogen-bond donors (Lipinski definition) is 1. The van der Waals surface area contributed by atoms with Gasteiger partial charge in [0.15, 0.2) is 0 Å². The van der Waals surface area contributed by atoms with Crippen molar-refractivity contribution in [2.75, 3.05) is 7.05 Å². The molecule has 0 radical (unpaired) electrons. The molecule has 0 spiro atoms. The SMILES string of the molecule is CCCn1nncc1C(CC(C)C(C)(C)C)NC. The van der Waals surface area contributed by atoms with E-state index in [-0.39, 0.29) is 0 Å². The molecule has 0 aliphatic rings. The first-order valence-corrected chi connectivity index (χ1v) is 6.95. The molecule has 4 nitrogen and oxygen atoms in total. The summed E-state index contributed by atoms with van der Waals surface area (Å²) in [6.45, 7) is 12.3. The Morgan fingerprint density at radius 1 is 1.39 bits per heavy atom. The number of rotatable bonds is 6. The molecule has 1 aromatic rings. The van der Waals surface area contributed by atoms with E-state index in [1.165, 1.54) is 5.69 Å². The summed E-state index contributed by atoms with van der Waals surface area (Å²) in [7, 11) is 2.02. The third kappa shape index (κ3) is 3.80. The minimum absolute atomic E-state index is 0.331. The van der Waals surface area contributed by atoms with Crippen molar-refractivity contribution in [2.24, 2.45) is 11.3 Å². The molecule has 1 heterocycles. The summed E-state index contributed by atoms with van der Waals surface area (Å²) >= 11 is 0. The van der Waals surface area contributed by atoms with E-state index in [0.717, 1.165) is 19.4 Å². The summed E-state index contributed by atoms with van der Waals surface area (Å²) in [5.74, 6) is 0.639. The maximum atomic E-state index is 4.17. The summed E-state index contributed by atoms with van der Waals surface area (Å²) in [6, 6.07) is 0.334. The van der Waals surface area contributed by atoms with Gasteiger partial charge in [0, 0.05) is 6.54 Å². The van der Waals surface area contributed by atoms with Crippen LogP contribution in [0, 0.1) is 11.3 Å². The largest absolute Gasteiger partial charge is 0.312 e. The Morgan fingerprint density at radius 2 is 2.06 bits per heavy atom. The molecule has 4 heteroatoms. The van der Waals surface area contributed by atoms with Crippen molar-refractivity contribution < 1.29 is 0 Å². The van der Waals surface area contributed by atoms with Crippen molar-refractivity contribution in [1.82, 2.24) is 20.3 Å². The lowest BCUT2D eigenvalue weighted by atomic mass is 9.78. The van der Waals surface area contributed by atoms with E-state index in [1.54, 1.807) is 0 Å². The average Bonchev–Trinajstić information content (AvgIpc) is 2.73. The molecule has 0 bridgehead atoms. The third-order valence-corrected chi connectivity index (χ3v) is 3.86. The number of nitrogens with zero attached hydrogens (tertiary/aromatic N) is 3. The fourth-order valence-corrected chi connectivity index (χ4v) is 2.01. The Bertz CT molecular complexity index is 351. The van der Waals surface area contributed by atoms with Gasteiger partial charge < -0.3 is 5.32 Å². The molecule has 0 fully saturated rings. The molecule has 0 saturated carbocycles.